The van der Waals surface area contributed by atoms with Gasteiger partial charge in [0, 0.05) is 24.3 Å². The number of Topliss-reactive ketones (excluding diaryl/α,β-unsaturated/α-hetero) is 1. The average molecular weight is 507 g/mol. The van der Waals surface area contributed by atoms with Gasteiger partial charge in [-0.05, 0) is 65.6 Å². The Bertz CT molecular complexity index is 1240. The number of aromatic hydroxyl groups is 1. The van der Waals surface area contributed by atoms with Crippen molar-refractivity contribution in [1.82, 2.24) is 0 Å². The molecule has 0 amide bonds. The van der Waals surface area contributed by atoms with Crippen molar-refractivity contribution >= 4 is 11.8 Å². The van der Waals surface area contributed by atoms with Crippen LogP contribution in [0.5, 0.6) is 5.75 Å². The highest BCUT2D eigenvalue weighted by Crippen LogP contribution is 2.40. The number of nitrogens with zero attached hydrogens (tertiary/aromatic N) is 1. The molecule has 1 atom stereocenters. The highest BCUT2D eigenvalue weighted by molar-refractivity contribution is 5.97. The molecule has 0 spiro atoms. The van der Waals surface area contributed by atoms with Crippen molar-refractivity contribution in [3.05, 3.63) is 101 Å². The molecule has 3 aliphatic rings. The van der Waals surface area contributed by atoms with Crippen LogP contribution in [0.25, 0.3) is 0 Å². The number of ether oxygens (including phenoxy) is 1. The van der Waals surface area contributed by atoms with Crippen LogP contribution in [0, 0.1) is 23.5 Å². The number of hydrogen-bond donors (Lipinski definition) is 1. The maximum Gasteiger partial charge on any atom is 0.307 e. The lowest BCUT2D eigenvalue weighted by Gasteiger charge is -2.52. The molecule has 0 unspecified atom stereocenters. The Morgan fingerprint density at radius 3 is 2.08 bits per heavy atom. The Kier molecular flexibility index (Phi) is 7.07. The molecule has 3 aliphatic heterocycles. The Morgan fingerprint density at radius 2 is 1.51 bits per heavy atom. The van der Waals surface area contributed by atoms with Gasteiger partial charge in [0.1, 0.15) is 23.9 Å². The summed E-state index contributed by atoms with van der Waals surface area (Å²) in [6, 6.07) is 17.9. The summed E-state index contributed by atoms with van der Waals surface area (Å²) < 4.78 is 34.4. The fourth-order valence-electron chi connectivity index (χ4n) is 5.99. The first-order chi connectivity index (χ1) is 17.8. The van der Waals surface area contributed by atoms with Crippen LogP contribution in [-0.2, 0) is 9.53 Å². The summed E-state index contributed by atoms with van der Waals surface area (Å²) in [5, 5.41) is 9.52. The smallest absolute Gasteiger partial charge is 0.307 e. The summed E-state index contributed by atoms with van der Waals surface area (Å²) in [6.07, 6.45) is 1.16. The molecular formula is C30H30F2NO4+. The first-order valence-corrected chi connectivity index (χ1v) is 12.7. The van der Waals surface area contributed by atoms with E-state index in [9.17, 15) is 23.5 Å². The number of carbonyl (C=O) groups is 2. The second kappa shape index (κ2) is 10.4. The van der Waals surface area contributed by atoms with E-state index in [4.69, 9.17) is 4.74 Å². The molecule has 3 fully saturated rings. The van der Waals surface area contributed by atoms with E-state index in [0.717, 1.165) is 25.9 Å². The van der Waals surface area contributed by atoms with Crippen molar-refractivity contribution in [3.63, 3.8) is 0 Å². The average Bonchev–Trinajstić information content (AvgIpc) is 2.88. The molecule has 5 nitrogen and oxygen atoms in total. The summed E-state index contributed by atoms with van der Waals surface area (Å²) in [4.78, 5) is 26.2. The zero-order valence-electron chi connectivity index (χ0n) is 20.5. The van der Waals surface area contributed by atoms with E-state index in [-0.39, 0.29) is 23.9 Å². The summed E-state index contributed by atoms with van der Waals surface area (Å²) in [5.74, 6) is -0.731. The van der Waals surface area contributed by atoms with Crippen molar-refractivity contribution in [1.29, 1.82) is 0 Å². The standard InChI is InChI=1S/C30H29F2NO4/c31-25-5-1-3-22(15-25)30(23-4-2-6-26(32)16-23)37-29(36)17-24-18-33(13-11-20(24)12-14-33)19-28(35)21-7-9-27(34)10-8-21/h1-10,15-16,20,24,30H,11-14,17-19H2/p+1/t20?,24-,33?/m0/s1. The number of carbonyl (C=O) groups excluding carboxylic acids is 2. The summed E-state index contributed by atoms with van der Waals surface area (Å²) in [5.41, 5.74) is 1.45. The van der Waals surface area contributed by atoms with E-state index in [1.807, 2.05) is 0 Å². The summed E-state index contributed by atoms with van der Waals surface area (Å²) >= 11 is 0. The highest BCUT2D eigenvalue weighted by Gasteiger charge is 2.47. The number of phenolic OH excluding ortho intramolecular Hbond substituents is 1. The second-order valence-corrected chi connectivity index (χ2v) is 10.4. The Labute approximate surface area is 214 Å². The largest absolute Gasteiger partial charge is 0.508 e. The molecule has 192 valence electrons. The normalized spacial score (nSPS) is 22.7. The third-order valence-electron chi connectivity index (χ3n) is 7.89. The minimum absolute atomic E-state index is 0.0268. The van der Waals surface area contributed by atoms with Crippen LogP contribution >= 0.6 is 0 Å². The zero-order chi connectivity index (χ0) is 26.0. The summed E-state index contributed by atoms with van der Waals surface area (Å²) in [7, 11) is 0. The number of ketones is 1. The lowest BCUT2D eigenvalue weighted by molar-refractivity contribution is -0.939. The SMILES string of the molecule is O=C(C[C@H]1C[N+]2(CC(=O)c3ccc(O)cc3)CCC1CC2)OC(c1cccc(F)c1)c1cccc(F)c1. The fraction of sp³-hybridized carbons (Fsp3) is 0.333. The number of piperidine rings is 3. The molecule has 3 aromatic rings. The van der Waals surface area contributed by atoms with Gasteiger partial charge in [0.15, 0.2) is 6.10 Å². The van der Waals surface area contributed by atoms with Crippen LogP contribution in [0.4, 0.5) is 8.78 Å². The number of benzene rings is 3. The number of fused-ring (bicyclic) bond motifs is 3. The molecule has 3 aromatic carbocycles. The quantitative estimate of drug-likeness (QED) is 0.251. The van der Waals surface area contributed by atoms with Crippen LogP contribution in [0.3, 0.4) is 0 Å². The van der Waals surface area contributed by atoms with E-state index in [2.05, 4.69) is 0 Å². The van der Waals surface area contributed by atoms with E-state index < -0.39 is 23.7 Å². The van der Waals surface area contributed by atoms with Gasteiger partial charge in [0.2, 0.25) is 5.78 Å². The van der Waals surface area contributed by atoms with Gasteiger partial charge in [-0.3, -0.25) is 9.59 Å². The molecule has 6 rings (SSSR count). The molecule has 3 heterocycles. The first kappa shape index (κ1) is 25.1. The Balaban J connectivity index is 1.29. The second-order valence-electron chi connectivity index (χ2n) is 10.4. The number of esters is 1. The van der Waals surface area contributed by atoms with Crippen molar-refractivity contribution in [2.75, 3.05) is 26.2 Å². The van der Waals surface area contributed by atoms with Crippen LogP contribution in [0.2, 0.25) is 0 Å². The van der Waals surface area contributed by atoms with E-state index >= 15 is 0 Å². The van der Waals surface area contributed by atoms with Gasteiger partial charge in [-0.25, -0.2) is 8.78 Å². The van der Waals surface area contributed by atoms with Gasteiger partial charge in [-0.2, -0.15) is 0 Å². The third kappa shape index (κ3) is 5.72. The highest BCUT2D eigenvalue weighted by atomic mass is 19.1. The molecule has 2 bridgehead atoms. The number of halogens is 2. The predicted octanol–water partition coefficient (Wildman–Crippen LogP) is 5.43. The van der Waals surface area contributed by atoms with Gasteiger partial charge < -0.3 is 14.3 Å². The monoisotopic (exact) mass is 506 g/mol. The van der Waals surface area contributed by atoms with Crippen molar-refractivity contribution < 1.29 is 32.7 Å². The maximum atomic E-state index is 14.0. The number of quaternary nitrogens is 1. The van der Waals surface area contributed by atoms with E-state index in [1.165, 1.54) is 48.5 Å². The topological polar surface area (TPSA) is 63.6 Å². The molecule has 3 saturated heterocycles. The minimum Gasteiger partial charge on any atom is -0.508 e. The Morgan fingerprint density at radius 1 is 0.919 bits per heavy atom. The van der Waals surface area contributed by atoms with Crippen LogP contribution in [-0.4, -0.2) is 47.5 Å². The summed E-state index contributed by atoms with van der Waals surface area (Å²) in [6.45, 7) is 2.87. The van der Waals surface area contributed by atoms with Crippen molar-refractivity contribution in [2.45, 2.75) is 25.4 Å². The van der Waals surface area contributed by atoms with Crippen LogP contribution in [0.1, 0.15) is 46.9 Å². The molecule has 0 aromatic heterocycles. The number of hydrogen-bond acceptors (Lipinski definition) is 4. The maximum absolute atomic E-state index is 14.0. The van der Waals surface area contributed by atoms with Crippen LogP contribution in [0.15, 0.2) is 72.8 Å². The fourth-order valence-corrected chi connectivity index (χ4v) is 5.99. The van der Waals surface area contributed by atoms with Gasteiger partial charge in [0.25, 0.3) is 0 Å². The minimum atomic E-state index is -0.917. The van der Waals surface area contributed by atoms with Gasteiger partial charge in [-0.15, -0.1) is 0 Å². The number of rotatable bonds is 8. The van der Waals surface area contributed by atoms with Crippen molar-refractivity contribution in [3.8, 4) is 5.75 Å². The molecule has 0 saturated carbocycles. The molecule has 1 N–H and O–H groups in total. The molecular weight excluding hydrogens is 476 g/mol. The molecule has 0 aliphatic carbocycles. The van der Waals surface area contributed by atoms with Crippen LogP contribution < -0.4 is 0 Å². The predicted molar refractivity (Wildman–Crippen MR) is 134 cm³/mol. The zero-order valence-corrected chi connectivity index (χ0v) is 20.5. The number of phenols is 1. The Hall–Kier alpha value is -3.58. The molecule has 37 heavy (non-hydrogen) atoms. The van der Waals surface area contributed by atoms with E-state index in [1.54, 1.807) is 24.3 Å². The first-order valence-electron chi connectivity index (χ1n) is 12.7. The molecule has 7 heteroatoms. The third-order valence-corrected chi connectivity index (χ3v) is 7.89. The van der Waals surface area contributed by atoms with Gasteiger partial charge >= 0.3 is 5.97 Å². The van der Waals surface area contributed by atoms with Gasteiger partial charge in [0.05, 0.1) is 26.1 Å². The lowest BCUT2D eigenvalue weighted by atomic mass is 9.75. The van der Waals surface area contributed by atoms with Gasteiger partial charge in [-0.1, -0.05) is 24.3 Å². The van der Waals surface area contributed by atoms with E-state index in [0.29, 0.717) is 40.2 Å². The lowest BCUT2D eigenvalue weighted by Crippen LogP contribution is -2.63. The molecule has 0 radical (unpaired) electrons. The van der Waals surface area contributed by atoms with Crippen molar-refractivity contribution in [2.24, 2.45) is 11.8 Å².